The third-order valence-electron chi connectivity index (χ3n) is 6.39. The van der Waals surface area contributed by atoms with Crippen molar-refractivity contribution in [1.29, 1.82) is 0 Å². The van der Waals surface area contributed by atoms with E-state index in [4.69, 9.17) is 4.74 Å². The number of halogens is 1. The maximum atomic E-state index is 12.0. The van der Waals surface area contributed by atoms with Gasteiger partial charge in [0.1, 0.15) is 6.54 Å². The molecule has 2 aliphatic heterocycles. The van der Waals surface area contributed by atoms with Gasteiger partial charge in [-0.25, -0.2) is 4.99 Å². The molecule has 1 amide bonds. The number of hydrogen-bond acceptors (Lipinski definition) is 4. The Morgan fingerprint density at radius 3 is 2.14 bits per heavy atom. The second-order valence-corrected chi connectivity index (χ2v) is 8.73. The van der Waals surface area contributed by atoms with E-state index in [1.165, 1.54) is 45.2 Å². The molecule has 2 N–H and O–H groups in total. The van der Waals surface area contributed by atoms with Crippen LogP contribution in [0.5, 0.6) is 0 Å². The molecule has 0 aromatic rings. The second kappa shape index (κ2) is 12.9. The fraction of sp³-hybridized carbons (Fsp3) is 0.905. The van der Waals surface area contributed by atoms with Gasteiger partial charge in [-0.05, 0) is 38.5 Å². The first-order chi connectivity index (χ1) is 13.6. The minimum absolute atomic E-state index is 0. The van der Waals surface area contributed by atoms with Gasteiger partial charge >= 0.3 is 0 Å². The fourth-order valence-corrected chi connectivity index (χ4v) is 4.50. The molecule has 8 heteroatoms. The summed E-state index contributed by atoms with van der Waals surface area (Å²) in [6.45, 7) is 4.11. The van der Waals surface area contributed by atoms with Crippen LogP contribution in [0.15, 0.2) is 4.99 Å². The van der Waals surface area contributed by atoms with Gasteiger partial charge in [-0.15, -0.1) is 24.0 Å². The van der Waals surface area contributed by atoms with Gasteiger partial charge in [0, 0.05) is 58.5 Å². The SMILES string of the molecule is CN(C)C(=O)CN=C(NC1CCOCC1)NC1CCN(C2CCCCC2)CC1.I. The Labute approximate surface area is 193 Å². The molecule has 3 fully saturated rings. The number of carbonyl (C=O) groups is 1. The summed E-state index contributed by atoms with van der Waals surface area (Å²) in [5.41, 5.74) is 0. The lowest BCUT2D eigenvalue weighted by atomic mass is 9.92. The number of likely N-dealkylation sites (N-methyl/N-ethyl adjacent to an activating group) is 1. The monoisotopic (exact) mass is 521 g/mol. The van der Waals surface area contributed by atoms with Crippen LogP contribution >= 0.6 is 24.0 Å². The van der Waals surface area contributed by atoms with Crippen LogP contribution in [0.3, 0.4) is 0 Å². The summed E-state index contributed by atoms with van der Waals surface area (Å²) in [6, 6.07) is 1.61. The molecule has 0 unspecified atom stereocenters. The molecule has 2 saturated heterocycles. The van der Waals surface area contributed by atoms with E-state index in [0.29, 0.717) is 12.1 Å². The maximum absolute atomic E-state index is 12.0. The zero-order valence-electron chi connectivity index (χ0n) is 18.2. The number of nitrogens with one attached hydrogen (secondary N) is 2. The number of rotatable bonds is 5. The highest BCUT2D eigenvalue weighted by atomic mass is 127. The van der Waals surface area contributed by atoms with Gasteiger partial charge < -0.3 is 25.2 Å². The minimum atomic E-state index is 0. The lowest BCUT2D eigenvalue weighted by Crippen LogP contribution is -2.53. The number of carbonyl (C=O) groups excluding carboxylic acids is 1. The molecule has 0 aromatic heterocycles. The molecule has 7 nitrogen and oxygen atoms in total. The predicted molar refractivity (Wildman–Crippen MR) is 128 cm³/mol. The Morgan fingerprint density at radius 2 is 1.55 bits per heavy atom. The van der Waals surface area contributed by atoms with Gasteiger partial charge in [0.05, 0.1) is 0 Å². The van der Waals surface area contributed by atoms with Gasteiger partial charge in [0.15, 0.2) is 5.96 Å². The van der Waals surface area contributed by atoms with Crippen molar-refractivity contribution in [1.82, 2.24) is 20.4 Å². The van der Waals surface area contributed by atoms with Gasteiger partial charge in [-0.2, -0.15) is 0 Å². The molecule has 29 heavy (non-hydrogen) atoms. The van der Waals surface area contributed by atoms with Crippen molar-refractivity contribution < 1.29 is 9.53 Å². The fourth-order valence-electron chi connectivity index (χ4n) is 4.50. The van der Waals surface area contributed by atoms with E-state index >= 15 is 0 Å². The largest absolute Gasteiger partial charge is 0.381 e. The molecule has 0 aromatic carbocycles. The van der Waals surface area contributed by atoms with E-state index in [1.54, 1.807) is 19.0 Å². The summed E-state index contributed by atoms with van der Waals surface area (Å²) in [6.07, 6.45) is 11.2. The highest BCUT2D eigenvalue weighted by molar-refractivity contribution is 14.0. The second-order valence-electron chi connectivity index (χ2n) is 8.73. The maximum Gasteiger partial charge on any atom is 0.243 e. The van der Waals surface area contributed by atoms with Crippen molar-refractivity contribution in [3.63, 3.8) is 0 Å². The lowest BCUT2D eigenvalue weighted by molar-refractivity contribution is -0.127. The molecular formula is C21H40IN5O2. The van der Waals surface area contributed by atoms with Crippen molar-refractivity contribution in [3.05, 3.63) is 0 Å². The van der Waals surface area contributed by atoms with E-state index in [9.17, 15) is 4.79 Å². The van der Waals surface area contributed by atoms with Crippen LogP contribution in [0.25, 0.3) is 0 Å². The standard InChI is InChI=1S/C21H39N5O2.HI/c1-25(2)20(27)16-22-21(24-18-10-14-28-15-11-18)23-17-8-12-26(13-9-17)19-6-4-3-5-7-19;/h17-19H,3-16H2,1-2H3,(H2,22,23,24);1H. The normalized spacial score (nSPS) is 23.3. The van der Waals surface area contributed by atoms with Crippen LogP contribution in [-0.4, -0.2) is 86.7 Å². The van der Waals surface area contributed by atoms with Gasteiger partial charge in [-0.1, -0.05) is 19.3 Å². The summed E-state index contributed by atoms with van der Waals surface area (Å²) < 4.78 is 5.46. The quantitative estimate of drug-likeness (QED) is 0.330. The lowest BCUT2D eigenvalue weighted by Gasteiger charge is -2.40. The van der Waals surface area contributed by atoms with Crippen molar-refractivity contribution in [2.24, 2.45) is 4.99 Å². The average molecular weight is 521 g/mol. The highest BCUT2D eigenvalue weighted by Crippen LogP contribution is 2.25. The van der Waals surface area contributed by atoms with Crippen LogP contribution in [0.4, 0.5) is 0 Å². The first-order valence-corrected chi connectivity index (χ1v) is 11.2. The molecule has 2 heterocycles. The highest BCUT2D eigenvalue weighted by Gasteiger charge is 2.27. The van der Waals surface area contributed by atoms with E-state index in [0.717, 1.165) is 50.9 Å². The van der Waals surface area contributed by atoms with E-state index < -0.39 is 0 Å². The third kappa shape index (κ3) is 8.20. The molecule has 3 aliphatic rings. The molecule has 0 spiro atoms. The van der Waals surface area contributed by atoms with Gasteiger partial charge in [0.2, 0.25) is 5.91 Å². The average Bonchev–Trinajstić information content (AvgIpc) is 2.73. The smallest absolute Gasteiger partial charge is 0.243 e. The molecular weight excluding hydrogens is 481 g/mol. The van der Waals surface area contributed by atoms with Crippen LogP contribution in [0.1, 0.15) is 57.8 Å². The van der Waals surface area contributed by atoms with E-state index in [-0.39, 0.29) is 36.4 Å². The number of guanidine groups is 1. The van der Waals surface area contributed by atoms with Crippen LogP contribution in [0, 0.1) is 0 Å². The zero-order valence-corrected chi connectivity index (χ0v) is 20.5. The number of aliphatic imine (C=N–C) groups is 1. The Morgan fingerprint density at radius 1 is 0.966 bits per heavy atom. The Balaban J connectivity index is 0.00000300. The van der Waals surface area contributed by atoms with E-state index in [1.807, 2.05) is 0 Å². The number of nitrogens with zero attached hydrogens (tertiary/aromatic N) is 3. The van der Waals surface area contributed by atoms with Crippen molar-refractivity contribution in [2.75, 3.05) is 46.9 Å². The van der Waals surface area contributed by atoms with Crippen LogP contribution in [0.2, 0.25) is 0 Å². The molecule has 0 bridgehead atoms. The number of ether oxygens (including phenoxy) is 1. The third-order valence-corrected chi connectivity index (χ3v) is 6.39. The summed E-state index contributed by atoms with van der Waals surface area (Å²) in [5, 5.41) is 7.17. The number of amides is 1. The summed E-state index contributed by atoms with van der Waals surface area (Å²) >= 11 is 0. The molecule has 1 aliphatic carbocycles. The zero-order chi connectivity index (χ0) is 19.8. The summed E-state index contributed by atoms with van der Waals surface area (Å²) in [4.78, 5) is 20.9. The molecule has 0 atom stereocenters. The summed E-state index contributed by atoms with van der Waals surface area (Å²) in [5.74, 6) is 0.818. The first-order valence-electron chi connectivity index (χ1n) is 11.2. The topological polar surface area (TPSA) is 69.2 Å². The van der Waals surface area contributed by atoms with Crippen molar-refractivity contribution in [2.45, 2.75) is 75.9 Å². The molecule has 3 rings (SSSR count). The number of likely N-dealkylation sites (tertiary alicyclic amines) is 1. The molecule has 168 valence electrons. The predicted octanol–water partition coefficient (Wildman–Crippen LogP) is 2.20. The Kier molecular flexibility index (Phi) is 11.0. The Bertz CT molecular complexity index is 511. The minimum Gasteiger partial charge on any atom is -0.381 e. The molecule has 0 radical (unpaired) electrons. The number of hydrogen-bond donors (Lipinski definition) is 2. The Hall–Kier alpha value is -0.610. The summed E-state index contributed by atoms with van der Waals surface area (Å²) in [7, 11) is 3.55. The van der Waals surface area contributed by atoms with Crippen molar-refractivity contribution in [3.8, 4) is 0 Å². The van der Waals surface area contributed by atoms with Gasteiger partial charge in [0.25, 0.3) is 0 Å². The first kappa shape index (κ1) is 24.7. The van der Waals surface area contributed by atoms with Crippen molar-refractivity contribution >= 4 is 35.8 Å². The van der Waals surface area contributed by atoms with Crippen LogP contribution in [-0.2, 0) is 9.53 Å². The number of piperidine rings is 1. The van der Waals surface area contributed by atoms with Crippen LogP contribution < -0.4 is 10.6 Å². The molecule has 1 saturated carbocycles. The van der Waals surface area contributed by atoms with Gasteiger partial charge in [-0.3, -0.25) is 4.79 Å². The van der Waals surface area contributed by atoms with E-state index in [2.05, 4.69) is 20.5 Å².